The van der Waals surface area contributed by atoms with Crippen LogP contribution in [-0.4, -0.2) is 140 Å². The largest absolute Gasteiger partial charge is 0.274 e. The Balaban J connectivity index is 1.13. The van der Waals surface area contributed by atoms with Crippen molar-refractivity contribution < 1.29 is 57.5 Å². The Morgan fingerprint density at radius 2 is 0.410 bits per heavy atom. The van der Waals surface area contributed by atoms with Crippen molar-refractivity contribution >= 4 is 115 Å². The summed E-state index contributed by atoms with van der Waals surface area (Å²) in [4.78, 5) is 193. The lowest BCUT2D eigenvalue weighted by Gasteiger charge is -2.33. The third-order valence-electron chi connectivity index (χ3n) is 21.1. The van der Waals surface area contributed by atoms with Gasteiger partial charge in [0.2, 0.25) is 0 Å². The molecule has 0 N–H and O–H groups in total. The summed E-state index contributed by atoms with van der Waals surface area (Å²) in [6.07, 6.45) is 22.1. The predicted molar refractivity (Wildman–Crippen MR) is 389 cm³/mol. The highest BCUT2D eigenvalue weighted by atomic mass is 32.1. The number of hydrogen-bond acceptors (Lipinski definition) is 14. The first kappa shape index (κ1) is 71.5. The van der Waals surface area contributed by atoms with Crippen LogP contribution < -0.4 is 0 Å². The first-order chi connectivity index (χ1) is 48.5. The number of rotatable bonds is 37. The molecule has 6 aliphatic heterocycles. The van der Waals surface area contributed by atoms with E-state index in [0.29, 0.717) is 51.4 Å². The number of carbonyl (C=O) groups excluding carboxylic acids is 12. The Kier molecular flexibility index (Phi) is 22.0. The van der Waals surface area contributed by atoms with Crippen LogP contribution in [0, 0.1) is 0 Å². The van der Waals surface area contributed by atoms with Gasteiger partial charge in [-0.1, -0.05) is 183 Å². The summed E-state index contributed by atoms with van der Waals surface area (Å²) in [6.45, 7) is 12.8. The predicted octanol–water partition coefficient (Wildman–Crippen LogP) is 17.7. The van der Waals surface area contributed by atoms with Gasteiger partial charge in [0.15, 0.2) is 0 Å². The number of benzene rings is 4. The number of fused-ring (bicyclic) bond motifs is 2. The van der Waals surface area contributed by atoms with Crippen molar-refractivity contribution in [1.29, 1.82) is 0 Å². The van der Waals surface area contributed by atoms with Gasteiger partial charge in [0, 0.05) is 115 Å². The standard InChI is InChI=1S/C80H92N6O12S2/c1-7-13-19-25-27-33-43-85-77(95)61-63(79(85)97)67(99-65(61)51-45-53-55-47(69(87)81(73(53)91)39-29-21-15-9-3)35-37-49-57(55)59(51)75(93)83(71(49)89)41-31-23-17-11-5)68-64-62(78(96)86(80(64)98)44-34-28-26-20-14-8-2)66(100-68)52-46-54-56-48(70(88)82(74(54)92)40-30-22-16-10-4)36-38-50-58(56)60(52)76(94)84(72(50)90)42-32-24-18-12-6/h35-38,45-46H,7-34,39-44H2,1-6H3. The molecule has 20 heteroatoms. The molecular formula is C80H92N6O12S2. The summed E-state index contributed by atoms with van der Waals surface area (Å²) in [6, 6.07) is 9.21. The third-order valence-corrected chi connectivity index (χ3v) is 23.7. The molecule has 100 heavy (non-hydrogen) atoms. The molecule has 12 amide bonds. The highest BCUT2D eigenvalue weighted by Crippen LogP contribution is 2.57. The molecule has 0 unspecified atom stereocenters. The maximum absolute atomic E-state index is 15.9. The molecule has 6 aromatic rings. The molecule has 0 saturated carbocycles. The summed E-state index contributed by atoms with van der Waals surface area (Å²) < 4.78 is 0. The lowest BCUT2D eigenvalue weighted by atomic mass is 9.82. The summed E-state index contributed by atoms with van der Waals surface area (Å²) in [5.41, 5.74) is 0.208. The van der Waals surface area contributed by atoms with E-state index in [4.69, 9.17) is 0 Å². The molecule has 0 fully saturated rings. The van der Waals surface area contributed by atoms with Crippen LogP contribution in [-0.2, 0) is 0 Å². The van der Waals surface area contributed by atoms with Crippen molar-refractivity contribution in [3.8, 4) is 30.6 Å². The van der Waals surface area contributed by atoms with Crippen molar-refractivity contribution in [1.82, 2.24) is 29.4 Å². The molecule has 0 spiro atoms. The molecule has 2 aromatic heterocycles. The van der Waals surface area contributed by atoms with Crippen molar-refractivity contribution in [2.45, 2.75) is 221 Å². The van der Waals surface area contributed by atoms with E-state index in [1.165, 1.54) is 53.7 Å². The number of unbranched alkanes of at least 4 members (excludes halogenated alkanes) is 22. The molecule has 8 heterocycles. The van der Waals surface area contributed by atoms with Crippen LogP contribution in [0.3, 0.4) is 0 Å². The molecule has 12 rings (SSSR count). The fourth-order valence-corrected chi connectivity index (χ4v) is 18.5. The van der Waals surface area contributed by atoms with Crippen LogP contribution >= 0.6 is 22.7 Å². The van der Waals surface area contributed by atoms with E-state index in [1.54, 1.807) is 12.1 Å². The topological polar surface area (TPSA) is 224 Å². The molecule has 526 valence electrons. The van der Waals surface area contributed by atoms with Gasteiger partial charge < -0.3 is 0 Å². The number of nitrogens with zero attached hydrogens (tertiary/aromatic N) is 6. The normalized spacial score (nSPS) is 15.6. The van der Waals surface area contributed by atoms with Gasteiger partial charge in [-0.2, -0.15) is 0 Å². The van der Waals surface area contributed by atoms with Crippen LogP contribution in [0.4, 0.5) is 0 Å². The molecule has 18 nitrogen and oxygen atoms in total. The van der Waals surface area contributed by atoms with Crippen molar-refractivity contribution in [2.75, 3.05) is 39.3 Å². The lowest BCUT2D eigenvalue weighted by molar-refractivity contribution is 0.0586. The van der Waals surface area contributed by atoms with Crippen LogP contribution in [0.2, 0.25) is 0 Å². The molecule has 4 aromatic carbocycles. The number of thiophene rings is 2. The van der Waals surface area contributed by atoms with Crippen LogP contribution in [0.5, 0.6) is 0 Å². The van der Waals surface area contributed by atoms with E-state index in [1.807, 2.05) is 0 Å². The van der Waals surface area contributed by atoms with E-state index in [2.05, 4.69) is 41.5 Å². The van der Waals surface area contributed by atoms with Crippen molar-refractivity contribution in [3.63, 3.8) is 0 Å². The SMILES string of the molecule is CCCCCCCCN1C(=O)c2c(-c3cc4c5c(ccc6c5c3C(=O)N(CCCCCC)C6=O)C(=O)N(CCCCCC)C4=O)sc(-c3sc(-c4cc5c6c(ccc7c6c4C(=O)N(CCCCCC)C7=O)C(=O)N(CCCCCC)C5=O)c4c3C(=O)N(CCCCCCCC)C4=O)c2C1=O. The van der Waals surface area contributed by atoms with E-state index in [9.17, 15) is 19.2 Å². The molecule has 0 aliphatic carbocycles. The second-order valence-corrected chi connectivity index (χ2v) is 29.9. The number of carbonyl (C=O) groups is 12. The Morgan fingerprint density at radius 3 is 0.690 bits per heavy atom. The second-order valence-electron chi connectivity index (χ2n) is 27.9. The Morgan fingerprint density at radius 1 is 0.210 bits per heavy atom. The van der Waals surface area contributed by atoms with Crippen LogP contribution in [0.25, 0.3) is 52.2 Å². The molecule has 0 radical (unpaired) electrons. The van der Waals surface area contributed by atoms with E-state index < -0.39 is 70.9 Å². The van der Waals surface area contributed by atoms with E-state index in [0.717, 1.165) is 151 Å². The third kappa shape index (κ3) is 12.5. The second kappa shape index (κ2) is 30.9. The molecule has 0 saturated heterocycles. The van der Waals surface area contributed by atoms with E-state index in [-0.39, 0.29) is 158 Å². The monoisotopic (exact) mass is 1390 g/mol. The maximum atomic E-state index is 15.9. The first-order valence-electron chi connectivity index (χ1n) is 37.3. The lowest BCUT2D eigenvalue weighted by Crippen LogP contribution is -2.44. The van der Waals surface area contributed by atoms with Gasteiger partial charge in [0.05, 0.1) is 43.1 Å². The highest BCUT2D eigenvalue weighted by molar-refractivity contribution is 7.26. The smallest absolute Gasteiger partial charge is 0.263 e. The van der Waals surface area contributed by atoms with E-state index >= 15 is 38.4 Å². The molecule has 0 bridgehead atoms. The fraction of sp³-hybridized carbons (Fsp3) is 0.500. The summed E-state index contributed by atoms with van der Waals surface area (Å²) >= 11 is 1.90. The zero-order chi connectivity index (χ0) is 70.8. The summed E-state index contributed by atoms with van der Waals surface area (Å²) in [5, 5.41) is 0.460. The number of imide groups is 6. The summed E-state index contributed by atoms with van der Waals surface area (Å²) in [7, 11) is 0. The highest BCUT2D eigenvalue weighted by Gasteiger charge is 2.51. The average molecular weight is 1390 g/mol. The minimum absolute atomic E-state index is 0.0185. The van der Waals surface area contributed by atoms with Gasteiger partial charge in [-0.25, -0.2) is 0 Å². The minimum atomic E-state index is -0.709. The number of amides is 12. The zero-order valence-corrected chi connectivity index (χ0v) is 60.5. The van der Waals surface area contributed by atoms with Crippen molar-refractivity contribution in [3.05, 3.63) is 103 Å². The zero-order valence-electron chi connectivity index (χ0n) is 58.9. The fourth-order valence-electron chi connectivity index (χ4n) is 15.7. The number of hydrogen-bond donors (Lipinski definition) is 0. The van der Waals surface area contributed by atoms with Gasteiger partial charge in [0.25, 0.3) is 70.9 Å². The van der Waals surface area contributed by atoms with Crippen molar-refractivity contribution in [2.24, 2.45) is 0 Å². The molecule has 6 aliphatic rings. The Hall–Kier alpha value is -8.36. The Bertz CT molecular complexity index is 4130. The molecular weight excluding hydrogens is 1300 g/mol. The van der Waals surface area contributed by atoms with Gasteiger partial charge in [-0.05, 0) is 74.9 Å². The summed E-state index contributed by atoms with van der Waals surface area (Å²) in [5.74, 6) is -7.78. The average Bonchev–Trinajstić information content (AvgIpc) is 1.14. The Labute approximate surface area is 593 Å². The first-order valence-corrected chi connectivity index (χ1v) is 38.9. The van der Waals surface area contributed by atoms with Crippen LogP contribution in [0.15, 0.2) is 36.4 Å². The minimum Gasteiger partial charge on any atom is -0.274 e. The van der Waals surface area contributed by atoms with Crippen LogP contribution in [0.1, 0.15) is 346 Å². The van der Waals surface area contributed by atoms with Gasteiger partial charge in [-0.15, -0.1) is 22.7 Å². The quantitative estimate of drug-likeness (QED) is 0.0262. The maximum Gasteiger partial charge on any atom is 0.263 e. The van der Waals surface area contributed by atoms with Gasteiger partial charge in [0.1, 0.15) is 0 Å². The molecule has 0 atom stereocenters. The van der Waals surface area contributed by atoms with Gasteiger partial charge >= 0.3 is 0 Å². The van der Waals surface area contributed by atoms with Gasteiger partial charge in [-0.3, -0.25) is 86.9 Å².